The Morgan fingerprint density at radius 1 is 1.42 bits per heavy atom. The van der Waals surface area contributed by atoms with Crippen LogP contribution in [0.1, 0.15) is 33.1 Å². The fourth-order valence-corrected chi connectivity index (χ4v) is 3.64. The average molecular weight is 192 g/mol. The van der Waals surface area contributed by atoms with E-state index in [2.05, 4.69) is 0 Å². The Labute approximate surface area is 73.7 Å². The van der Waals surface area contributed by atoms with Gasteiger partial charge in [-0.05, 0) is 26.7 Å². The first kappa shape index (κ1) is 9.99. The molecule has 0 bridgehead atoms. The van der Waals surface area contributed by atoms with Crippen LogP contribution in [0.3, 0.4) is 0 Å². The SMILES string of the molecule is CC(C)S(=O)(=O)C1(CO)CCC1. The molecule has 0 atom stereocenters. The highest BCUT2D eigenvalue weighted by atomic mass is 32.2. The van der Waals surface area contributed by atoms with Crippen molar-refractivity contribution in [3.05, 3.63) is 0 Å². The maximum atomic E-state index is 11.7. The van der Waals surface area contributed by atoms with Crippen molar-refractivity contribution >= 4 is 9.84 Å². The summed E-state index contributed by atoms with van der Waals surface area (Å²) in [5, 5.41) is 8.67. The first-order valence-corrected chi connectivity index (χ1v) is 5.85. The molecule has 1 rings (SSSR count). The minimum atomic E-state index is -3.10. The number of rotatable bonds is 3. The first-order valence-electron chi connectivity index (χ1n) is 4.30. The molecule has 1 N–H and O–H groups in total. The number of sulfone groups is 1. The van der Waals surface area contributed by atoms with Gasteiger partial charge in [0.15, 0.2) is 9.84 Å². The van der Waals surface area contributed by atoms with Crippen molar-refractivity contribution in [1.82, 2.24) is 0 Å². The molecule has 1 saturated carbocycles. The van der Waals surface area contributed by atoms with Crippen molar-refractivity contribution in [2.45, 2.75) is 43.1 Å². The summed E-state index contributed by atoms with van der Waals surface area (Å²) in [6, 6.07) is 0. The van der Waals surface area contributed by atoms with E-state index in [1.165, 1.54) is 0 Å². The molecule has 0 unspecified atom stereocenters. The Morgan fingerprint density at radius 3 is 2.00 bits per heavy atom. The van der Waals surface area contributed by atoms with Gasteiger partial charge in [0, 0.05) is 0 Å². The lowest BCUT2D eigenvalue weighted by Gasteiger charge is -2.40. The zero-order valence-electron chi connectivity index (χ0n) is 7.58. The van der Waals surface area contributed by atoms with E-state index in [0.717, 1.165) is 6.42 Å². The van der Waals surface area contributed by atoms with Crippen molar-refractivity contribution < 1.29 is 13.5 Å². The molecule has 0 spiro atoms. The molecule has 72 valence electrons. The van der Waals surface area contributed by atoms with Crippen molar-refractivity contribution in [2.75, 3.05) is 6.61 Å². The van der Waals surface area contributed by atoms with Crippen molar-refractivity contribution in [1.29, 1.82) is 0 Å². The normalized spacial score (nSPS) is 22.3. The van der Waals surface area contributed by atoms with Crippen LogP contribution in [-0.4, -0.2) is 30.1 Å². The van der Waals surface area contributed by atoms with E-state index in [1.807, 2.05) is 0 Å². The highest BCUT2D eigenvalue weighted by molar-refractivity contribution is 7.93. The van der Waals surface area contributed by atoms with Crippen LogP contribution in [-0.2, 0) is 9.84 Å². The Balaban J connectivity index is 2.93. The van der Waals surface area contributed by atoms with Crippen LogP contribution in [0.15, 0.2) is 0 Å². The zero-order valence-corrected chi connectivity index (χ0v) is 8.39. The van der Waals surface area contributed by atoms with Gasteiger partial charge in [-0.3, -0.25) is 0 Å². The van der Waals surface area contributed by atoms with E-state index in [9.17, 15) is 8.42 Å². The van der Waals surface area contributed by atoms with E-state index < -0.39 is 14.6 Å². The van der Waals surface area contributed by atoms with E-state index in [1.54, 1.807) is 13.8 Å². The molecule has 0 aromatic carbocycles. The average Bonchev–Trinajstić information content (AvgIpc) is 1.85. The molecule has 1 aliphatic rings. The van der Waals surface area contributed by atoms with Gasteiger partial charge in [-0.25, -0.2) is 8.42 Å². The molecule has 1 fully saturated rings. The van der Waals surface area contributed by atoms with Gasteiger partial charge in [-0.1, -0.05) is 6.42 Å². The lowest BCUT2D eigenvalue weighted by Crippen LogP contribution is -2.51. The topological polar surface area (TPSA) is 54.4 Å². The van der Waals surface area contributed by atoms with Crippen LogP contribution in [0.4, 0.5) is 0 Å². The molecule has 3 nitrogen and oxygen atoms in total. The lowest BCUT2D eigenvalue weighted by molar-refractivity contribution is 0.181. The third kappa shape index (κ3) is 1.17. The smallest absolute Gasteiger partial charge is 0.160 e. The summed E-state index contributed by atoms with van der Waals surface area (Å²) >= 11 is 0. The molecular weight excluding hydrogens is 176 g/mol. The van der Waals surface area contributed by atoms with Crippen molar-refractivity contribution in [3.8, 4) is 0 Å². The first-order chi connectivity index (χ1) is 5.46. The summed E-state index contributed by atoms with van der Waals surface area (Å²) in [5.41, 5.74) is 0. The second kappa shape index (κ2) is 3.00. The largest absolute Gasteiger partial charge is 0.395 e. The zero-order chi connectivity index (χ0) is 9.41. The van der Waals surface area contributed by atoms with Gasteiger partial charge in [-0.2, -0.15) is 0 Å². The van der Waals surface area contributed by atoms with Gasteiger partial charge in [0.2, 0.25) is 0 Å². The van der Waals surface area contributed by atoms with Crippen LogP contribution >= 0.6 is 0 Å². The fourth-order valence-electron chi connectivity index (χ4n) is 1.60. The molecule has 0 amide bonds. The Hall–Kier alpha value is -0.0900. The monoisotopic (exact) mass is 192 g/mol. The molecule has 0 aliphatic heterocycles. The van der Waals surface area contributed by atoms with Gasteiger partial charge in [0.1, 0.15) is 0 Å². The third-order valence-corrected chi connectivity index (χ3v) is 5.76. The fraction of sp³-hybridized carbons (Fsp3) is 1.00. The summed E-state index contributed by atoms with van der Waals surface area (Å²) in [6.07, 6.45) is 2.18. The van der Waals surface area contributed by atoms with Crippen molar-refractivity contribution in [2.24, 2.45) is 0 Å². The van der Waals surface area contributed by atoms with E-state index >= 15 is 0 Å². The Morgan fingerprint density at radius 2 is 1.92 bits per heavy atom. The molecule has 0 saturated heterocycles. The third-order valence-electron chi connectivity index (χ3n) is 2.78. The van der Waals surface area contributed by atoms with E-state index in [4.69, 9.17) is 5.11 Å². The second-order valence-electron chi connectivity index (χ2n) is 3.79. The summed E-state index contributed by atoms with van der Waals surface area (Å²) in [7, 11) is -3.10. The Kier molecular flexibility index (Phi) is 2.50. The quantitative estimate of drug-likeness (QED) is 0.717. The predicted molar refractivity (Wildman–Crippen MR) is 47.7 cm³/mol. The standard InChI is InChI=1S/C8H16O3S/c1-7(2)12(10,11)8(6-9)4-3-5-8/h7,9H,3-6H2,1-2H3. The minimum Gasteiger partial charge on any atom is -0.395 e. The summed E-state index contributed by atoms with van der Waals surface area (Å²) < 4.78 is 22.6. The van der Waals surface area contributed by atoms with Gasteiger partial charge >= 0.3 is 0 Å². The summed E-state index contributed by atoms with van der Waals surface area (Å²) in [4.78, 5) is 0. The molecule has 12 heavy (non-hydrogen) atoms. The molecule has 1 aliphatic carbocycles. The highest BCUT2D eigenvalue weighted by Gasteiger charge is 2.49. The highest BCUT2D eigenvalue weighted by Crippen LogP contribution is 2.40. The number of aliphatic hydroxyl groups is 1. The second-order valence-corrected chi connectivity index (χ2v) is 6.69. The molecule has 0 aromatic rings. The number of hydrogen-bond acceptors (Lipinski definition) is 3. The van der Waals surface area contributed by atoms with Crippen molar-refractivity contribution in [3.63, 3.8) is 0 Å². The van der Waals surface area contributed by atoms with Crippen LogP contribution in [0.25, 0.3) is 0 Å². The maximum Gasteiger partial charge on any atom is 0.160 e. The number of hydrogen-bond donors (Lipinski definition) is 1. The maximum absolute atomic E-state index is 11.7. The van der Waals surface area contributed by atoms with E-state index in [-0.39, 0.29) is 11.9 Å². The van der Waals surface area contributed by atoms with Crippen LogP contribution in [0.5, 0.6) is 0 Å². The van der Waals surface area contributed by atoms with Crippen LogP contribution in [0.2, 0.25) is 0 Å². The van der Waals surface area contributed by atoms with Gasteiger partial charge in [0.05, 0.1) is 16.6 Å². The molecule has 0 heterocycles. The van der Waals surface area contributed by atoms with Gasteiger partial charge in [0.25, 0.3) is 0 Å². The summed E-state index contributed by atoms with van der Waals surface area (Å²) in [5.74, 6) is 0. The number of aliphatic hydroxyl groups excluding tert-OH is 1. The van der Waals surface area contributed by atoms with E-state index in [0.29, 0.717) is 12.8 Å². The molecular formula is C8H16O3S. The molecule has 0 radical (unpaired) electrons. The van der Waals surface area contributed by atoms with Gasteiger partial charge < -0.3 is 5.11 Å². The van der Waals surface area contributed by atoms with Crippen LogP contribution < -0.4 is 0 Å². The van der Waals surface area contributed by atoms with Gasteiger partial charge in [-0.15, -0.1) is 0 Å². The predicted octanol–water partition coefficient (Wildman–Crippen LogP) is 0.725. The molecule has 0 aromatic heterocycles. The molecule has 4 heteroatoms. The Bertz CT molecular complexity index is 244. The summed E-state index contributed by atoms with van der Waals surface area (Å²) in [6.45, 7) is 3.13. The minimum absolute atomic E-state index is 0.215. The van der Waals surface area contributed by atoms with Crippen LogP contribution in [0, 0.1) is 0 Å². The lowest BCUT2D eigenvalue weighted by atomic mass is 9.85.